The molecule has 2 amide bonds. The molecule has 7 nitrogen and oxygen atoms in total. The summed E-state index contributed by atoms with van der Waals surface area (Å²) in [4.78, 5) is 32.2. The molecule has 2 aromatic heterocycles. The minimum Gasteiger partial charge on any atom is -0.350 e. The van der Waals surface area contributed by atoms with E-state index in [1.165, 1.54) is 0 Å². The number of nitrogens with zero attached hydrogens (tertiary/aromatic N) is 1. The van der Waals surface area contributed by atoms with Crippen molar-refractivity contribution in [3.8, 4) is 0 Å². The van der Waals surface area contributed by atoms with Crippen molar-refractivity contribution < 1.29 is 9.59 Å². The summed E-state index contributed by atoms with van der Waals surface area (Å²) < 4.78 is 0. The second-order valence-corrected chi connectivity index (χ2v) is 7.44. The number of aromatic nitrogens is 2. The number of hydrogen-bond donors (Lipinski definition) is 4. The highest BCUT2D eigenvalue weighted by atomic mass is 35.5. The fraction of sp³-hybridized carbons (Fsp3) is 0.0870. The van der Waals surface area contributed by atoms with Gasteiger partial charge >= 0.3 is 0 Å². The Labute approximate surface area is 183 Å². The van der Waals surface area contributed by atoms with Gasteiger partial charge in [0.2, 0.25) is 5.91 Å². The molecule has 1 unspecified atom stereocenters. The third-order valence-corrected chi connectivity index (χ3v) is 5.11. The molecule has 0 fully saturated rings. The van der Waals surface area contributed by atoms with Gasteiger partial charge in [-0.2, -0.15) is 0 Å². The number of fused-ring (bicyclic) bond motifs is 1. The summed E-state index contributed by atoms with van der Waals surface area (Å²) in [5, 5.41) is 7.11. The number of hydrogen-bond acceptors (Lipinski definition) is 4. The van der Waals surface area contributed by atoms with Crippen LogP contribution in [-0.4, -0.2) is 21.8 Å². The summed E-state index contributed by atoms with van der Waals surface area (Å²) in [6, 6.07) is 16.6. The smallest absolute Gasteiger partial charge is 0.255 e. The summed E-state index contributed by atoms with van der Waals surface area (Å²) in [6.45, 7) is 0.327. The van der Waals surface area contributed by atoms with Crippen LogP contribution in [0.2, 0.25) is 5.02 Å². The van der Waals surface area contributed by atoms with E-state index < -0.39 is 6.04 Å². The zero-order chi connectivity index (χ0) is 21.8. The molecule has 1 atom stereocenters. The average Bonchev–Trinajstić information content (AvgIpc) is 3.27. The molecule has 2 aromatic carbocycles. The van der Waals surface area contributed by atoms with Crippen LogP contribution in [0.25, 0.3) is 11.0 Å². The Morgan fingerprint density at radius 3 is 2.68 bits per heavy atom. The molecule has 2 heterocycles. The third-order valence-electron chi connectivity index (χ3n) is 4.88. The number of H-pyrrole nitrogens is 1. The molecule has 4 rings (SSSR count). The van der Waals surface area contributed by atoms with Gasteiger partial charge in [-0.05, 0) is 47.5 Å². The Kier molecular flexibility index (Phi) is 5.97. The topological polar surface area (TPSA) is 113 Å². The quantitative estimate of drug-likeness (QED) is 0.370. The van der Waals surface area contributed by atoms with E-state index in [4.69, 9.17) is 17.3 Å². The third kappa shape index (κ3) is 4.74. The van der Waals surface area contributed by atoms with Gasteiger partial charge in [-0.1, -0.05) is 35.9 Å². The maximum atomic E-state index is 12.6. The van der Waals surface area contributed by atoms with E-state index >= 15 is 0 Å². The van der Waals surface area contributed by atoms with Gasteiger partial charge in [-0.3, -0.25) is 9.59 Å². The van der Waals surface area contributed by atoms with Crippen LogP contribution in [0.3, 0.4) is 0 Å². The maximum Gasteiger partial charge on any atom is 0.255 e. The average molecular weight is 434 g/mol. The van der Waals surface area contributed by atoms with Crippen molar-refractivity contribution >= 4 is 40.1 Å². The number of nitrogens with one attached hydrogen (secondary N) is 3. The second kappa shape index (κ2) is 8.99. The lowest BCUT2D eigenvalue weighted by Crippen LogP contribution is -2.33. The zero-order valence-corrected chi connectivity index (χ0v) is 17.2. The van der Waals surface area contributed by atoms with Gasteiger partial charge in [0.05, 0.1) is 5.69 Å². The lowest BCUT2D eigenvalue weighted by atomic mass is 10.0. The number of benzene rings is 2. The minimum atomic E-state index is -0.851. The molecule has 0 aliphatic heterocycles. The predicted molar refractivity (Wildman–Crippen MR) is 121 cm³/mol. The Morgan fingerprint density at radius 2 is 1.90 bits per heavy atom. The molecule has 0 radical (unpaired) electrons. The molecular weight excluding hydrogens is 414 g/mol. The molecule has 156 valence electrons. The number of rotatable bonds is 6. The van der Waals surface area contributed by atoms with Crippen LogP contribution in [0.4, 0.5) is 5.69 Å². The van der Waals surface area contributed by atoms with E-state index in [0.717, 1.165) is 10.9 Å². The molecule has 0 spiro atoms. The Balaban J connectivity index is 1.39. The minimum absolute atomic E-state index is 0.265. The highest BCUT2D eigenvalue weighted by molar-refractivity contribution is 6.30. The fourth-order valence-corrected chi connectivity index (χ4v) is 3.42. The Morgan fingerprint density at radius 1 is 1.10 bits per heavy atom. The second-order valence-electron chi connectivity index (χ2n) is 7.00. The van der Waals surface area contributed by atoms with E-state index in [0.29, 0.717) is 34.0 Å². The van der Waals surface area contributed by atoms with Crippen LogP contribution in [0.1, 0.15) is 27.5 Å². The maximum absolute atomic E-state index is 12.6. The van der Waals surface area contributed by atoms with Gasteiger partial charge in [0.15, 0.2) is 0 Å². The normalized spacial score (nSPS) is 11.8. The molecule has 4 aromatic rings. The van der Waals surface area contributed by atoms with Gasteiger partial charge in [-0.15, -0.1) is 0 Å². The van der Waals surface area contributed by atoms with Crippen LogP contribution in [0, 0.1) is 0 Å². The largest absolute Gasteiger partial charge is 0.350 e. The lowest BCUT2D eigenvalue weighted by molar-refractivity contribution is -0.122. The highest BCUT2D eigenvalue weighted by Crippen LogP contribution is 2.21. The predicted octanol–water partition coefficient (Wildman–Crippen LogP) is 3.78. The molecule has 0 bridgehead atoms. The summed E-state index contributed by atoms with van der Waals surface area (Å²) in [5.41, 5.74) is 9.39. The summed E-state index contributed by atoms with van der Waals surface area (Å²) >= 11 is 5.96. The van der Waals surface area contributed by atoms with Gasteiger partial charge in [0.25, 0.3) is 5.91 Å². The van der Waals surface area contributed by atoms with Crippen LogP contribution in [0.5, 0.6) is 0 Å². The Hall–Kier alpha value is -3.68. The SMILES string of the molecule is NC(C(=O)NCc1cccc(Cl)c1)c1ccc(C(=O)Nc2ccnc3[nH]ccc23)cc1. The van der Waals surface area contributed by atoms with E-state index in [9.17, 15) is 9.59 Å². The molecule has 0 saturated carbocycles. The van der Waals surface area contributed by atoms with E-state index in [1.807, 2.05) is 18.2 Å². The summed E-state index contributed by atoms with van der Waals surface area (Å²) in [6.07, 6.45) is 3.39. The molecule has 0 aliphatic carbocycles. The number of carbonyl (C=O) groups excluding carboxylic acids is 2. The van der Waals surface area contributed by atoms with E-state index in [-0.39, 0.29) is 11.8 Å². The first-order chi connectivity index (χ1) is 15.0. The standard InChI is InChI=1S/C23H20ClN5O2/c24-17-3-1-2-14(12-17)13-28-23(31)20(25)15-4-6-16(7-5-15)22(30)29-19-9-11-27-21-18(19)8-10-26-21/h1-12,20H,13,25H2,(H,28,31)(H2,26,27,29,30). The number of anilines is 1. The molecule has 0 saturated heterocycles. The summed E-state index contributed by atoms with van der Waals surface area (Å²) in [5.74, 6) is -0.581. The number of halogens is 1. The van der Waals surface area contributed by atoms with Crippen molar-refractivity contribution in [1.82, 2.24) is 15.3 Å². The van der Waals surface area contributed by atoms with Crippen molar-refractivity contribution in [3.63, 3.8) is 0 Å². The van der Waals surface area contributed by atoms with Crippen molar-refractivity contribution in [2.24, 2.45) is 5.73 Å². The zero-order valence-electron chi connectivity index (χ0n) is 16.4. The van der Waals surface area contributed by atoms with Crippen LogP contribution in [0.15, 0.2) is 73.1 Å². The number of amides is 2. The van der Waals surface area contributed by atoms with Crippen LogP contribution >= 0.6 is 11.6 Å². The van der Waals surface area contributed by atoms with Crippen LogP contribution < -0.4 is 16.4 Å². The summed E-state index contributed by atoms with van der Waals surface area (Å²) in [7, 11) is 0. The highest BCUT2D eigenvalue weighted by Gasteiger charge is 2.16. The van der Waals surface area contributed by atoms with Crippen molar-refractivity contribution in [3.05, 3.63) is 94.8 Å². The van der Waals surface area contributed by atoms with Gasteiger partial charge in [0.1, 0.15) is 11.7 Å². The molecule has 8 heteroatoms. The molecule has 0 aliphatic rings. The number of pyridine rings is 1. The fourth-order valence-electron chi connectivity index (χ4n) is 3.20. The number of carbonyl (C=O) groups is 2. The first kappa shape index (κ1) is 20.6. The number of nitrogens with two attached hydrogens (primary N) is 1. The van der Waals surface area contributed by atoms with E-state index in [2.05, 4.69) is 20.6 Å². The monoisotopic (exact) mass is 433 g/mol. The van der Waals surface area contributed by atoms with Crippen LogP contribution in [-0.2, 0) is 11.3 Å². The Bertz CT molecular complexity index is 1240. The first-order valence-corrected chi connectivity index (χ1v) is 10.0. The van der Waals surface area contributed by atoms with Gasteiger partial charge < -0.3 is 21.4 Å². The van der Waals surface area contributed by atoms with Crippen molar-refractivity contribution in [1.29, 1.82) is 0 Å². The first-order valence-electron chi connectivity index (χ1n) is 9.62. The lowest BCUT2D eigenvalue weighted by Gasteiger charge is -2.13. The van der Waals surface area contributed by atoms with Gasteiger partial charge in [-0.25, -0.2) is 4.98 Å². The number of aromatic amines is 1. The van der Waals surface area contributed by atoms with Crippen molar-refractivity contribution in [2.45, 2.75) is 12.6 Å². The van der Waals surface area contributed by atoms with Gasteiger partial charge in [0, 0.05) is 34.9 Å². The van der Waals surface area contributed by atoms with E-state index in [1.54, 1.807) is 54.9 Å². The molecule has 31 heavy (non-hydrogen) atoms. The van der Waals surface area contributed by atoms with Crippen molar-refractivity contribution in [2.75, 3.05) is 5.32 Å². The molecular formula is C23H20ClN5O2. The molecule has 5 N–H and O–H groups in total.